The van der Waals surface area contributed by atoms with Gasteiger partial charge in [0.25, 0.3) is 0 Å². The van der Waals surface area contributed by atoms with Crippen LogP contribution in [0.5, 0.6) is 0 Å². The van der Waals surface area contributed by atoms with Crippen LogP contribution in [0, 0.1) is 0 Å². The predicted octanol–water partition coefficient (Wildman–Crippen LogP) is 3.04. The molecule has 2 aromatic carbocycles. The minimum Gasteiger partial charge on any atom is -0.456 e. The van der Waals surface area contributed by atoms with Crippen LogP contribution >= 0.6 is 0 Å². The van der Waals surface area contributed by atoms with Crippen LogP contribution in [-0.2, 0) is 46.2 Å². The standard InChI is InChI=1S/C35H35F3N2O9/c36-35(37,38)20-46-29(42)12-11-21-6-3-4-9-25(21)33(45)47-27-16-24(32(44)40-14-5-10-26(40)31(43)39-13-15-41)17-28-30(27)49-34(48-28)18-22-7-1-2-8-23(22)19-34/h1-4,6-9,11-12,17,26-28,30,41H,5,10,13-16,18-20H2,(H,39,43)/t26-,27-,28-,30+/m1/s1. The number of carbonyl (C=O) groups is 4. The number of halogens is 3. The summed E-state index contributed by atoms with van der Waals surface area (Å²) >= 11 is 0. The summed E-state index contributed by atoms with van der Waals surface area (Å²) in [5.41, 5.74) is 2.60. The van der Waals surface area contributed by atoms with Gasteiger partial charge in [-0.25, -0.2) is 9.59 Å². The lowest BCUT2D eigenvalue weighted by molar-refractivity contribution is -0.182. The number of benzene rings is 2. The average molecular weight is 685 g/mol. The molecule has 2 aliphatic heterocycles. The Hall–Kier alpha value is -4.53. The van der Waals surface area contributed by atoms with E-state index < -0.39 is 60.8 Å². The van der Waals surface area contributed by atoms with Crippen molar-refractivity contribution in [1.82, 2.24) is 10.2 Å². The van der Waals surface area contributed by atoms with Crippen LogP contribution in [0.25, 0.3) is 6.08 Å². The van der Waals surface area contributed by atoms with Gasteiger partial charge in [-0.15, -0.1) is 0 Å². The number of likely N-dealkylation sites (tertiary alicyclic amines) is 1. The van der Waals surface area contributed by atoms with Crippen LogP contribution < -0.4 is 5.32 Å². The van der Waals surface area contributed by atoms with Crippen molar-refractivity contribution in [3.63, 3.8) is 0 Å². The second-order valence-corrected chi connectivity index (χ2v) is 12.4. The lowest BCUT2D eigenvalue weighted by Crippen LogP contribution is -2.49. The van der Waals surface area contributed by atoms with E-state index in [1.54, 1.807) is 18.2 Å². The van der Waals surface area contributed by atoms with Gasteiger partial charge in [0.2, 0.25) is 11.8 Å². The number of rotatable bonds is 9. The van der Waals surface area contributed by atoms with Crippen LogP contribution in [0.1, 0.15) is 46.3 Å². The highest BCUT2D eigenvalue weighted by atomic mass is 19.4. The van der Waals surface area contributed by atoms with E-state index in [4.69, 9.17) is 19.3 Å². The third-order valence-electron chi connectivity index (χ3n) is 8.93. The smallest absolute Gasteiger partial charge is 0.422 e. The summed E-state index contributed by atoms with van der Waals surface area (Å²) in [5.74, 6) is -3.87. The minimum atomic E-state index is -4.69. The molecule has 0 radical (unpaired) electrons. The van der Waals surface area contributed by atoms with Crippen molar-refractivity contribution < 1.29 is 56.4 Å². The zero-order valence-corrected chi connectivity index (χ0v) is 26.3. The second-order valence-electron chi connectivity index (χ2n) is 12.4. The van der Waals surface area contributed by atoms with Crippen molar-refractivity contribution in [3.05, 3.63) is 88.5 Å². The van der Waals surface area contributed by atoms with Gasteiger partial charge >= 0.3 is 18.1 Å². The number of ether oxygens (including phenoxy) is 4. The van der Waals surface area contributed by atoms with E-state index in [0.717, 1.165) is 23.3 Å². The van der Waals surface area contributed by atoms with Crippen LogP contribution in [0.15, 0.2) is 66.3 Å². The Morgan fingerprint density at radius 1 is 1.04 bits per heavy atom. The predicted molar refractivity (Wildman–Crippen MR) is 166 cm³/mol. The molecule has 11 nitrogen and oxygen atoms in total. The molecule has 1 spiro atoms. The Morgan fingerprint density at radius 2 is 1.76 bits per heavy atom. The Balaban J connectivity index is 1.24. The fraction of sp³-hybridized carbons (Fsp3) is 0.429. The van der Waals surface area contributed by atoms with E-state index in [1.165, 1.54) is 17.0 Å². The molecule has 0 saturated carbocycles. The van der Waals surface area contributed by atoms with Crippen LogP contribution in [0.3, 0.4) is 0 Å². The van der Waals surface area contributed by atoms with Crippen molar-refractivity contribution in [2.75, 3.05) is 26.3 Å². The molecule has 4 aliphatic rings. The van der Waals surface area contributed by atoms with E-state index in [9.17, 15) is 32.3 Å². The molecule has 49 heavy (non-hydrogen) atoms. The van der Waals surface area contributed by atoms with Crippen LogP contribution in [0.2, 0.25) is 0 Å². The molecule has 2 heterocycles. The van der Waals surface area contributed by atoms with E-state index in [2.05, 4.69) is 10.1 Å². The molecule has 2 aromatic rings. The molecule has 2 amide bonds. The first-order chi connectivity index (χ1) is 23.4. The van der Waals surface area contributed by atoms with Crippen molar-refractivity contribution >= 4 is 29.8 Å². The van der Waals surface area contributed by atoms with Gasteiger partial charge in [0.05, 0.1) is 12.2 Å². The largest absolute Gasteiger partial charge is 0.456 e. The van der Waals surface area contributed by atoms with Crippen molar-refractivity contribution in [3.8, 4) is 0 Å². The van der Waals surface area contributed by atoms with Crippen LogP contribution in [0.4, 0.5) is 13.2 Å². The van der Waals surface area contributed by atoms with Gasteiger partial charge in [-0.1, -0.05) is 42.5 Å². The number of nitrogens with one attached hydrogen (secondary N) is 1. The van der Waals surface area contributed by atoms with Gasteiger partial charge in [-0.05, 0) is 47.8 Å². The lowest BCUT2D eigenvalue weighted by atomic mass is 9.91. The maximum absolute atomic E-state index is 14.0. The number of nitrogens with zero attached hydrogens (tertiary/aromatic N) is 1. The molecule has 6 rings (SSSR count). The van der Waals surface area contributed by atoms with Crippen molar-refractivity contribution in [1.29, 1.82) is 0 Å². The number of hydrogen-bond acceptors (Lipinski definition) is 9. The maximum Gasteiger partial charge on any atom is 0.422 e. The van der Waals surface area contributed by atoms with E-state index >= 15 is 0 Å². The number of esters is 2. The first-order valence-electron chi connectivity index (χ1n) is 16.0. The molecule has 2 aliphatic carbocycles. The van der Waals surface area contributed by atoms with Crippen LogP contribution in [-0.4, -0.2) is 96.4 Å². The Labute approximate surface area is 279 Å². The summed E-state index contributed by atoms with van der Waals surface area (Å²) in [6, 6.07) is 13.1. The number of carbonyl (C=O) groups excluding carboxylic acids is 4. The minimum absolute atomic E-state index is 0.0170. The fourth-order valence-electron chi connectivity index (χ4n) is 6.80. The number of fused-ring (bicyclic) bond motifs is 2. The van der Waals surface area contributed by atoms with Gasteiger partial charge in [-0.2, -0.15) is 13.2 Å². The monoisotopic (exact) mass is 684 g/mol. The second kappa shape index (κ2) is 14.1. The SMILES string of the molecule is O=C(C=Cc1ccccc1C(=O)O[C@@H]1CC(C(=O)N2CCC[C@@H]2C(=O)NCCO)=C[C@H]2OC3(Cc4ccccc4C3)O[C@H]21)OCC(F)(F)F. The quantitative estimate of drug-likeness (QED) is 0.301. The first-order valence-corrected chi connectivity index (χ1v) is 16.0. The van der Waals surface area contributed by atoms with Crippen molar-refractivity contribution in [2.45, 2.75) is 68.4 Å². The number of amides is 2. The number of aliphatic hydroxyl groups excluding tert-OH is 1. The highest BCUT2D eigenvalue weighted by Crippen LogP contribution is 2.45. The normalized spacial score (nSPS) is 24.0. The third kappa shape index (κ3) is 7.71. The number of aliphatic hydroxyl groups is 1. The molecule has 0 bridgehead atoms. The Kier molecular flexibility index (Phi) is 9.91. The van der Waals surface area contributed by atoms with Gasteiger partial charge in [0, 0.05) is 44.0 Å². The van der Waals surface area contributed by atoms with Crippen molar-refractivity contribution in [2.24, 2.45) is 0 Å². The fourth-order valence-corrected chi connectivity index (χ4v) is 6.80. The van der Waals surface area contributed by atoms with E-state index in [1.807, 2.05) is 24.3 Å². The molecule has 0 aromatic heterocycles. The highest BCUT2D eigenvalue weighted by Gasteiger charge is 2.55. The summed E-state index contributed by atoms with van der Waals surface area (Å²) in [7, 11) is 0. The molecule has 260 valence electrons. The molecule has 2 saturated heterocycles. The Morgan fingerprint density at radius 3 is 2.47 bits per heavy atom. The molecule has 14 heteroatoms. The number of hydrogen-bond donors (Lipinski definition) is 2. The average Bonchev–Trinajstić information content (AvgIpc) is 3.80. The molecule has 2 N–H and O–H groups in total. The summed E-state index contributed by atoms with van der Waals surface area (Å²) in [6.07, 6.45) is -1.69. The highest BCUT2D eigenvalue weighted by molar-refractivity contribution is 5.98. The molecule has 2 fully saturated rings. The molecular weight excluding hydrogens is 649 g/mol. The van der Waals surface area contributed by atoms with Gasteiger partial charge < -0.3 is 34.3 Å². The van der Waals surface area contributed by atoms with Gasteiger partial charge in [0.15, 0.2) is 12.4 Å². The van der Waals surface area contributed by atoms with E-state index in [0.29, 0.717) is 32.2 Å². The zero-order chi connectivity index (χ0) is 34.8. The van der Waals surface area contributed by atoms with Gasteiger partial charge in [0.1, 0.15) is 24.4 Å². The maximum atomic E-state index is 14.0. The summed E-state index contributed by atoms with van der Waals surface area (Å²) in [4.78, 5) is 53.8. The lowest BCUT2D eigenvalue weighted by Gasteiger charge is -2.32. The summed E-state index contributed by atoms with van der Waals surface area (Å²) in [5, 5.41) is 11.8. The summed E-state index contributed by atoms with van der Waals surface area (Å²) in [6.45, 7) is -1.59. The topological polar surface area (TPSA) is 141 Å². The van der Waals surface area contributed by atoms with E-state index in [-0.39, 0.29) is 42.2 Å². The molecule has 4 atom stereocenters. The zero-order valence-electron chi connectivity index (χ0n) is 26.3. The van der Waals surface area contributed by atoms with Gasteiger partial charge in [-0.3, -0.25) is 9.59 Å². The third-order valence-corrected chi connectivity index (χ3v) is 8.93. The summed E-state index contributed by atoms with van der Waals surface area (Å²) < 4.78 is 60.7. The number of alkyl halides is 3. The Bertz CT molecular complexity index is 1650. The molecular formula is C35H35F3N2O9. The first kappa shape index (κ1) is 34.3. The molecule has 0 unspecified atom stereocenters.